The number of nitrogens with zero attached hydrogens (tertiary/aromatic N) is 1. The lowest BCUT2D eigenvalue weighted by Crippen LogP contribution is -2.17. The minimum absolute atomic E-state index is 0. The summed E-state index contributed by atoms with van der Waals surface area (Å²) >= 11 is 0. The number of allylic oxidation sites excluding steroid dienone is 2. The standard InChI is InChI=1S/C26H31NO.ClH/c1-6-25(23-15-9-7-10-16-23)28-24-17-13-14-22(20-24)21-27(5)19-12-8-11-18-26(2,3)4;/h6-10,12-17,20H,19,21H2,1-5H3;1H/b12-8+,25-6-;. The summed E-state index contributed by atoms with van der Waals surface area (Å²) in [5, 5.41) is 0. The van der Waals surface area contributed by atoms with Crippen LogP contribution in [0.2, 0.25) is 0 Å². The van der Waals surface area contributed by atoms with Crippen LogP contribution in [0.1, 0.15) is 38.8 Å². The highest BCUT2D eigenvalue weighted by atomic mass is 35.5. The molecule has 3 heteroatoms. The maximum Gasteiger partial charge on any atom is 0.130 e. The summed E-state index contributed by atoms with van der Waals surface area (Å²) in [6, 6.07) is 18.4. The van der Waals surface area contributed by atoms with Crippen molar-refractivity contribution in [3.05, 3.63) is 84.0 Å². The molecule has 154 valence electrons. The van der Waals surface area contributed by atoms with Gasteiger partial charge in [-0.2, -0.15) is 0 Å². The topological polar surface area (TPSA) is 12.5 Å². The molecule has 0 saturated carbocycles. The number of hydrogen-bond donors (Lipinski definition) is 0. The third-order valence-corrected chi connectivity index (χ3v) is 3.96. The molecule has 0 aliphatic rings. The van der Waals surface area contributed by atoms with Gasteiger partial charge in [0.05, 0.1) is 0 Å². The first-order valence-corrected chi connectivity index (χ1v) is 9.72. The number of hydrogen-bond acceptors (Lipinski definition) is 2. The minimum atomic E-state index is 0. The van der Waals surface area contributed by atoms with E-state index in [2.05, 4.69) is 74.9 Å². The van der Waals surface area contributed by atoms with E-state index in [4.69, 9.17) is 4.74 Å². The van der Waals surface area contributed by atoms with Crippen molar-refractivity contribution in [2.75, 3.05) is 13.6 Å². The van der Waals surface area contributed by atoms with Crippen molar-refractivity contribution in [2.24, 2.45) is 5.41 Å². The average Bonchev–Trinajstić information content (AvgIpc) is 2.66. The lowest BCUT2D eigenvalue weighted by Gasteiger charge is -2.16. The molecule has 0 N–H and O–H groups in total. The molecule has 0 amide bonds. The summed E-state index contributed by atoms with van der Waals surface area (Å²) in [6.45, 7) is 10.1. The van der Waals surface area contributed by atoms with E-state index >= 15 is 0 Å². The highest BCUT2D eigenvalue weighted by Crippen LogP contribution is 2.22. The fraction of sp³-hybridized carbons (Fsp3) is 0.308. The maximum atomic E-state index is 6.13. The fourth-order valence-corrected chi connectivity index (χ4v) is 2.65. The summed E-state index contributed by atoms with van der Waals surface area (Å²) in [5.74, 6) is 8.05. The van der Waals surface area contributed by atoms with Crippen LogP contribution < -0.4 is 4.74 Å². The molecule has 0 aliphatic heterocycles. The third kappa shape index (κ3) is 9.52. The van der Waals surface area contributed by atoms with Crippen molar-refractivity contribution < 1.29 is 4.74 Å². The highest BCUT2D eigenvalue weighted by molar-refractivity contribution is 5.85. The van der Waals surface area contributed by atoms with Gasteiger partial charge in [-0.05, 0) is 64.6 Å². The van der Waals surface area contributed by atoms with Crippen molar-refractivity contribution in [1.29, 1.82) is 0 Å². The molecule has 2 aromatic rings. The molecular formula is C26H32ClNO. The van der Waals surface area contributed by atoms with Gasteiger partial charge in [0.1, 0.15) is 11.5 Å². The first kappa shape index (κ1) is 24.6. The molecular weight excluding hydrogens is 378 g/mol. The van der Waals surface area contributed by atoms with Crippen molar-refractivity contribution >= 4 is 18.2 Å². The zero-order chi connectivity index (χ0) is 20.4. The van der Waals surface area contributed by atoms with Crippen LogP contribution in [-0.4, -0.2) is 18.5 Å². The van der Waals surface area contributed by atoms with Crippen LogP contribution in [0.25, 0.3) is 5.76 Å². The molecule has 0 bridgehead atoms. The molecule has 0 spiro atoms. The monoisotopic (exact) mass is 409 g/mol. The van der Waals surface area contributed by atoms with Gasteiger partial charge in [0, 0.05) is 24.1 Å². The Bertz CT molecular complexity index is 867. The zero-order valence-electron chi connectivity index (χ0n) is 18.1. The van der Waals surface area contributed by atoms with Crippen LogP contribution in [0.3, 0.4) is 0 Å². The third-order valence-electron chi connectivity index (χ3n) is 3.96. The second-order valence-electron chi connectivity index (χ2n) is 7.89. The molecule has 0 saturated heterocycles. The van der Waals surface area contributed by atoms with Crippen molar-refractivity contribution in [3.63, 3.8) is 0 Å². The Morgan fingerprint density at radius 3 is 2.45 bits per heavy atom. The van der Waals surface area contributed by atoms with Gasteiger partial charge < -0.3 is 4.74 Å². The molecule has 29 heavy (non-hydrogen) atoms. The van der Waals surface area contributed by atoms with E-state index in [1.165, 1.54) is 5.56 Å². The SMILES string of the molecule is C/C=C(\Oc1cccc(CN(C)C/C=C/C#CC(C)(C)C)c1)c1ccccc1.Cl. The minimum Gasteiger partial charge on any atom is -0.457 e. The van der Waals surface area contributed by atoms with Crippen LogP contribution in [0.5, 0.6) is 5.75 Å². The van der Waals surface area contributed by atoms with Gasteiger partial charge in [-0.15, -0.1) is 12.4 Å². The lowest BCUT2D eigenvalue weighted by atomic mass is 9.98. The van der Waals surface area contributed by atoms with Crippen molar-refractivity contribution in [1.82, 2.24) is 4.90 Å². The summed E-state index contributed by atoms with van der Waals surface area (Å²) in [7, 11) is 2.11. The van der Waals surface area contributed by atoms with Gasteiger partial charge in [-0.3, -0.25) is 4.90 Å². The summed E-state index contributed by atoms with van der Waals surface area (Å²) in [5.41, 5.74) is 2.34. The van der Waals surface area contributed by atoms with E-state index in [0.717, 1.165) is 30.2 Å². The molecule has 0 radical (unpaired) electrons. The van der Waals surface area contributed by atoms with Gasteiger partial charge in [-0.1, -0.05) is 60.4 Å². The maximum absolute atomic E-state index is 6.13. The Hall–Kier alpha value is -2.47. The number of rotatable bonds is 7. The van der Waals surface area contributed by atoms with Gasteiger partial charge in [0.15, 0.2) is 0 Å². The van der Waals surface area contributed by atoms with Crippen LogP contribution in [-0.2, 0) is 6.54 Å². The molecule has 0 aliphatic carbocycles. The largest absolute Gasteiger partial charge is 0.457 e. The normalized spacial score (nSPS) is 11.7. The molecule has 0 fully saturated rings. The van der Waals surface area contributed by atoms with E-state index in [0.29, 0.717) is 0 Å². The Morgan fingerprint density at radius 2 is 1.79 bits per heavy atom. The Labute approximate surface area is 182 Å². The Kier molecular flexibility index (Phi) is 10.3. The Balaban J connectivity index is 0.00000420. The van der Waals surface area contributed by atoms with Crippen LogP contribution >= 0.6 is 12.4 Å². The van der Waals surface area contributed by atoms with Crippen LogP contribution in [0.4, 0.5) is 0 Å². The van der Waals surface area contributed by atoms with Gasteiger partial charge in [0.2, 0.25) is 0 Å². The van der Waals surface area contributed by atoms with E-state index in [9.17, 15) is 0 Å². The zero-order valence-corrected chi connectivity index (χ0v) is 18.9. The Morgan fingerprint density at radius 1 is 1.07 bits per heavy atom. The summed E-state index contributed by atoms with van der Waals surface area (Å²) in [6.07, 6.45) is 6.05. The molecule has 0 heterocycles. The predicted molar refractivity (Wildman–Crippen MR) is 127 cm³/mol. The fourth-order valence-electron chi connectivity index (χ4n) is 2.65. The molecule has 2 nitrogen and oxygen atoms in total. The van der Waals surface area contributed by atoms with Gasteiger partial charge in [0.25, 0.3) is 0 Å². The molecule has 0 aromatic heterocycles. The average molecular weight is 410 g/mol. The van der Waals surface area contributed by atoms with Gasteiger partial charge >= 0.3 is 0 Å². The highest BCUT2D eigenvalue weighted by Gasteiger charge is 2.05. The number of halogens is 1. The van der Waals surface area contributed by atoms with E-state index < -0.39 is 0 Å². The van der Waals surface area contributed by atoms with E-state index in [-0.39, 0.29) is 17.8 Å². The second-order valence-corrected chi connectivity index (χ2v) is 7.89. The molecule has 0 atom stereocenters. The van der Waals surface area contributed by atoms with E-state index in [1.807, 2.05) is 49.4 Å². The lowest BCUT2D eigenvalue weighted by molar-refractivity contribution is 0.363. The first-order valence-electron chi connectivity index (χ1n) is 9.72. The molecule has 0 unspecified atom stereocenters. The first-order chi connectivity index (χ1) is 13.4. The van der Waals surface area contributed by atoms with Crippen molar-refractivity contribution in [3.8, 4) is 17.6 Å². The van der Waals surface area contributed by atoms with Crippen LogP contribution in [0, 0.1) is 17.3 Å². The quantitative estimate of drug-likeness (QED) is 0.378. The van der Waals surface area contributed by atoms with Gasteiger partial charge in [-0.25, -0.2) is 0 Å². The summed E-state index contributed by atoms with van der Waals surface area (Å²) in [4.78, 5) is 2.25. The van der Waals surface area contributed by atoms with Crippen LogP contribution in [0.15, 0.2) is 72.8 Å². The van der Waals surface area contributed by atoms with Crippen molar-refractivity contribution in [2.45, 2.75) is 34.2 Å². The summed E-state index contributed by atoms with van der Waals surface area (Å²) < 4.78 is 6.13. The molecule has 2 rings (SSSR count). The molecule has 2 aromatic carbocycles. The number of likely N-dealkylation sites (N-methyl/N-ethyl adjacent to an activating group) is 1. The van der Waals surface area contributed by atoms with E-state index in [1.54, 1.807) is 0 Å². The predicted octanol–water partition coefficient (Wildman–Crippen LogP) is 6.59. The number of benzene rings is 2. The smallest absolute Gasteiger partial charge is 0.130 e. The number of ether oxygens (including phenoxy) is 1. The second kappa shape index (κ2) is 12.2.